The third-order valence-electron chi connectivity index (χ3n) is 3.53. The molecule has 3 aromatic rings. The molecule has 0 atom stereocenters. The van der Waals surface area contributed by atoms with Crippen LogP contribution in [0.2, 0.25) is 0 Å². The number of thiazole rings is 1. The molecular formula is C19H18N2O4S2. The van der Waals surface area contributed by atoms with E-state index < -0.39 is 5.97 Å². The van der Waals surface area contributed by atoms with Crippen LogP contribution < -0.4 is 10.1 Å². The SMILES string of the molecule is CCOc1ccccc1C(=O)NCC(=O)OCc1csc(-c2ccsc2)n1. The van der Waals surface area contributed by atoms with Gasteiger partial charge in [-0.1, -0.05) is 12.1 Å². The highest BCUT2D eigenvalue weighted by Gasteiger charge is 2.14. The lowest BCUT2D eigenvalue weighted by atomic mass is 10.2. The minimum absolute atomic E-state index is 0.0743. The number of esters is 1. The van der Waals surface area contributed by atoms with E-state index in [9.17, 15) is 9.59 Å². The van der Waals surface area contributed by atoms with Crippen LogP contribution in [0.15, 0.2) is 46.5 Å². The second-order valence-electron chi connectivity index (χ2n) is 5.43. The summed E-state index contributed by atoms with van der Waals surface area (Å²) < 4.78 is 10.6. The Labute approximate surface area is 164 Å². The van der Waals surface area contributed by atoms with Gasteiger partial charge in [-0.15, -0.1) is 11.3 Å². The monoisotopic (exact) mass is 402 g/mol. The lowest BCUT2D eigenvalue weighted by molar-refractivity contribution is -0.143. The van der Waals surface area contributed by atoms with Gasteiger partial charge in [-0.2, -0.15) is 11.3 Å². The van der Waals surface area contributed by atoms with Gasteiger partial charge in [-0.3, -0.25) is 9.59 Å². The van der Waals surface area contributed by atoms with Crippen molar-refractivity contribution in [1.82, 2.24) is 10.3 Å². The summed E-state index contributed by atoms with van der Waals surface area (Å²) >= 11 is 3.11. The van der Waals surface area contributed by atoms with Crippen LogP contribution in [0.5, 0.6) is 5.75 Å². The van der Waals surface area contributed by atoms with Gasteiger partial charge < -0.3 is 14.8 Å². The second kappa shape index (κ2) is 9.29. The van der Waals surface area contributed by atoms with Crippen LogP contribution >= 0.6 is 22.7 Å². The smallest absolute Gasteiger partial charge is 0.325 e. The number of carbonyl (C=O) groups excluding carboxylic acids is 2. The molecule has 0 aliphatic heterocycles. The first kappa shape index (κ1) is 19.1. The molecule has 0 aliphatic carbocycles. The van der Waals surface area contributed by atoms with Gasteiger partial charge in [0.2, 0.25) is 0 Å². The number of hydrogen-bond acceptors (Lipinski definition) is 7. The first-order chi connectivity index (χ1) is 13.2. The predicted molar refractivity (Wildman–Crippen MR) is 105 cm³/mol. The molecule has 3 rings (SSSR count). The molecule has 2 aromatic heterocycles. The number of hydrogen-bond donors (Lipinski definition) is 1. The molecule has 0 fully saturated rings. The maximum absolute atomic E-state index is 12.2. The molecular weight excluding hydrogens is 384 g/mol. The quantitative estimate of drug-likeness (QED) is 0.581. The minimum Gasteiger partial charge on any atom is -0.493 e. The molecule has 0 radical (unpaired) electrons. The van der Waals surface area contributed by atoms with E-state index in [-0.39, 0.29) is 19.1 Å². The van der Waals surface area contributed by atoms with E-state index in [1.807, 2.05) is 29.1 Å². The first-order valence-corrected chi connectivity index (χ1v) is 10.1. The van der Waals surface area contributed by atoms with E-state index in [1.165, 1.54) is 11.3 Å². The Morgan fingerprint density at radius 2 is 2.04 bits per heavy atom. The average Bonchev–Trinajstić information content (AvgIpc) is 3.36. The van der Waals surface area contributed by atoms with Crippen molar-refractivity contribution in [1.29, 1.82) is 0 Å². The van der Waals surface area contributed by atoms with Crippen LogP contribution in [0, 0.1) is 0 Å². The Hall–Kier alpha value is -2.71. The molecule has 1 aromatic carbocycles. The molecule has 8 heteroatoms. The summed E-state index contributed by atoms with van der Waals surface area (Å²) in [6.45, 7) is 2.15. The highest BCUT2D eigenvalue weighted by atomic mass is 32.1. The zero-order valence-electron chi connectivity index (χ0n) is 14.6. The molecule has 140 valence electrons. The Morgan fingerprint density at radius 1 is 1.19 bits per heavy atom. The molecule has 0 aliphatic rings. The van der Waals surface area contributed by atoms with Crippen molar-refractivity contribution in [2.24, 2.45) is 0 Å². The first-order valence-electron chi connectivity index (χ1n) is 8.30. The number of benzene rings is 1. The second-order valence-corrected chi connectivity index (χ2v) is 7.07. The van der Waals surface area contributed by atoms with Crippen molar-refractivity contribution in [3.05, 3.63) is 57.7 Å². The summed E-state index contributed by atoms with van der Waals surface area (Å²) in [6.07, 6.45) is 0. The third kappa shape index (κ3) is 5.15. The number of ether oxygens (including phenoxy) is 2. The Morgan fingerprint density at radius 3 is 2.81 bits per heavy atom. The summed E-state index contributed by atoms with van der Waals surface area (Å²) in [5, 5.41) is 9.31. The number of nitrogens with one attached hydrogen (secondary N) is 1. The Bertz CT molecular complexity index is 906. The van der Waals surface area contributed by atoms with Crippen LogP contribution in [-0.2, 0) is 16.1 Å². The van der Waals surface area contributed by atoms with Crippen LogP contribution in [0.4, 0.5) is 0 Å². The normalized spacial score (nSPS) is 10.4. The van der Waals surface area contributed by atoms with E-state index in [0.29, 0.717) is 23.6 Å². The number of aromatic nitrogens is 1. The van der Waals surface area contributed by atoms with Crippen molar-refractivity contribution in [3.63, 3.8) is 0 Å². The highest BCUT2D eigenvalue weighted by Crippen LogP contribution is 2.25. The zero-order chi connectivity index (χ0) is 19.1. The minimum atomic E-state index is -0.526. The number of nitrogens with zero attached hydrogens (tertiary/aromatic N) is 1. The summed E-state index contributed by atoms with van der Waals surface area (Å²) in [5.74, 6) is -0.430. The molecule has 0 spiro atoms. The van der Waals surface area contributed by atoms with E-state index in [0.717, 1.165) is 10.6 Å². The van der Waals surface area contributed by atoms with Crippen LogP contribution in [0.25, 0.3) is 10.6 Å². The number of amides is 1. The number of thiophene rings is 1. The average molecular weight is 402 g/mol. The topological polar surface area (TPSA) is 77.5 Å². The molecule has 0 saturated carbocycles. The van der Waals surface area contributed by atoms with Crippen molar-refractivity contribution in [3.8, 4) is 16.3 Å². The fourth-order valence-corrected chi connectivity index (χ4v) is 3.80. The van der Waals surface area contributed by atoms with Gasteiger partial charge in [0.1, 0.15) is 23.9 Å². The summed E-state index contributed by atoms with van der Waals surface area (Å²) in [5.41, 5.74) is 2.12. The molecule has 1 amide bonds. The van der Waals surface area contributed by atoms with E-state index >= 15 is 0 Å². The Kier molecular flexibility index (Phi) is 6.56. The van der Waals surface area contributed by atoms with Crippen molar-refractivity contribution < 1.29 is 19.1 Å². The zero-order valence-corrected chi connectivity index (χ0v) is 16.3. The standard InChI is InChI=1S/C19H18N2O4S2/c1-2-24-16-6-4-3-5-15(16)18(23)20-9-17(22)25-10-14-12-27-19(21-14)13-7-8-26-11-13/h3-8,11-12H,2,9-10H2,1H3,(H,20,23). The summed E-state index contributed by atoms with van der Waals surface area (Å²) in [7, 11) is 0. The lowest BCUT2D eigenvalue weighted by Gasteiger charge is -2.10. The molecule has 0 bridgehead atoms. The molecule has 2 heterocycles. The largest absolute Gasteiger partial charge is 0.493 e. The predicted octanol–water partition coefficient (Wildman–Crippen LogP) is 3.74. The van der Waals surface area contributed by atoms with Gasteiger partial charge in [0, 0.05) is 16.3 Å². The van der Waals surface area contributed by atoms with Gasteiger partial charge in [-0.25, -0.2) is 4.98 Å². The van der Waals surface area contributed by atoms with Crippen molar-refractivity contribution in [2.45, 2.75) is 13.5 Å². The number of para-hydroxylation sites is 1. The van der Waals surface area contributed by atoms with Crippen molar-refractivity contribution in [2.75, 3.05) is 13.2 Å². The summed E-state index contributed by atoms with van der Waals surface area (Å²) in [4.78, 5) is 28.6. The lowest BCUT2D eigenvalue weighted by Crippen LogP contribution is -2.30. The summed E-state index contributed by atoms with van der Waals surface area (Å²) in [6, 6.07) is 8.88. The van der Waals surface area contributed by atoms with Gasteiger partial charge in [-0.05, 0) is 30.5 Å². The number of carbonyl (C=O) groups is 2. The van der Waals surface area contributed by atoms with Gasteiger partial charge in [0.05, 0.1) is 17.9 Å². The maximum Gasteiger partial charge on any atom is 0.325 e. The van der Waals surface area contributed by atoms with Crippen LogP contribution in [-0.4, -0.2) is 30.0 Å². The molecule has 0 saturated heterocycles. The van der Waals surface area contributed by atoms with E-state index in [1.54, 1.807) is 35.6 Å². The van der Waals surface area contributed by atoms with Gasteiger partial charge in [0.25, 0.3) is 5.91 Å². The highest BCUT2D eigenvalue weighted by molar-refractivity contribution is 7.14. The van der Waals surface area contributed by atoms with E-state index in [4.69, 9.17) is 9.47 Å². The molecule has 0 unspecified atom stereocenters. The third-order valence-corrected chi connectivity index (χ3v) is 5.15. The van der Waals surface area contributed by atoms with Gasteiger partial charge in [0.15, 0.2) is 0 Å². The van der Waals surface area contributed by atoms with Gasteiger partial charge >= 0.3 is 5.97 Å². The van der Waals surface area contributed by atoms with Crippen LogP contribution in [0.3, 0.4) is 0 Å². The number of rotatable bonds is 8. The fourth-order valence-electron chi connectivity index (χ4n) is 2.28. The van der Waals surface area contributed by atoms with Crippen molar-refractivity contribution >= 4 is 34.6 Å². The Balaban J connectivity index is 1.48. The molecule has 1 N–H and O–H groups in total. The fraction of sp³-hybridized carbons (Fsp3) is 0.211. The maximum atomic E-state index is 12.2. The molecule has 27 heavy (non-hydrogen) atoms. The van der Waals surface area contributed by atoms with Crippen LogP contribution in [0.1, 0.15) is 23.0 Å². The van der Waals surface area contributed by atoms with E-state index in [2.05, 4.69) is 10.3 Å². The molecule has 6 nitrogen and oxygen atoms in total.